The summed E-state index contributed by atoms with van der Waals surface area (Å²) < 4.78 is 0. The van der Waals surface area contributed by atoms with E-state index in [0.717, 1.165) is 24.3 Å². The van der Waals surface area contributed by atoms with Gasteiger partial charge in [0.2, 0.25) is 29.3 Å². The van der Waals surface area contributed by atoms with Gasteiger partial charge in [-0.3, -0.25) is 19.2 Å². The number of benzene rings is 2. The normalized spacial score (nSPS) is 13.9. The summed E-state index contributed by atoms with van der Waals surface area (Å²) in [5.41, 5.74) is -3.81. The average molecular weight is 468 g/mol. The van der Waals surface area contributed by atoms with Gasteiger partial charge >= 0.3 is 0 Å². The van der Waals surface area contributed by atoms with Gasteiger partial charge in [0.1, 0.15) is 0 Å². The summed E-state index contributed by atoms with van der Waals surface area (Å²) in [6.45, 7) is -1.65. The van der Waals surface area contributed by atoms with E-state index in [1.54, 1.807) is 0 Å². The molecule has 0 spiro atoms. The van der Waals surface area contributed by atoms with E-state index in [1.165, 1.54) is 36.4 Å². The Hall–Kier alpha value is -4.28. The molecule has 0 aliphatic carbocycles. The number of aliphatic imine (C=N–C) groups is 2. The van der Waals surface area contributed by atoms with E-state index in [0.29, 0.717) is 0 Å². The third-order valence-corrected chi connectivity index (χ3v) is 4.69. The summed E-state index contributed by atoms with van der Waals surface area (Å²) in [5.74, 6) is -6.30. The van der Waals surface area contributed by atoms with Crippen LogP contribution in [0.15, 0.2) is 58.5 Å². The van der Waals surface area contributed by atoms with E-state index in [9.17, 15) is 49.2 Å². The van der Waals surface area contributed by atoms with Crippen LogP contribution in [0.1, 0.15) is 20.7 Å². The summed E-state index contributed by atoms with van der Waals surface area (Å²) in [7, 11) is 0. The van der Waals surface area contributed by atoms with E-state index in [-0.39, 0.29) is 22.5 Å². The van der Waals surface area contributed by atoms with Crippen LogP contribution in [0.2, 0.25) is 0 Å². The Morgan fingerprint density at radius 2 is 1.06 bits per heavy atom. The van der Waals surface area contributed by atoms with Crippen molar-refractivity contribution in [2.45, 2.75) is 17.8 Å². The molecule has 0 aliphatic heterocycles. The highest BCUT2D eigenvalue weighted by Crippen LogP contribution is 2.20. The van der Waals surface area contributed by atoms with E-state index < -0.39 is 47.5 Å². The summed E-state index contributed by atoms with van der Waals surface area (Å²) in [6.07, 6.45) is -2.76. The fraction of sp³-hybridized carbons (Fsp3) is 0.182. The number of hydrogen-bond acceptors (Lipinski definition) is 12. The molecule has 12 nitrogen and oxygen atoms in total. The minimum absolute atomic E-state index is 0.113. The highest BCUT2D eigenvalue weighted by Gasteiger charge is 2.51. The van der Waals surface area contributed by atoms with Crippen molar-refractivity contribution in [2.75, 3.05) is 6.61 Å². The highest BCUT2D eigenvalue weighted by atomic mass is 16.4. The van der Waals surface area contributed by atoms with Crippen LogP contribution in [0.4, 0.5) is 11.4 Å². The van der Waals surface area contributed by atoms with Crippen molar-refractivity contribution in [3.8, 4) is 0 Å². The Morgan fingerprint density at radius 1 is 0.735 bits per heavy atom. The molecule has 174 valence electrons. The van der Waals surface area contributed by atoms with Gasteiger partial charge in [0.05, 0.1) is 18.0 Å². The molecule has 0 aromatic heterocycles. The Balaban J connectivity index is 2.26. The second kappa shape index (κ2) is 11.0. The number of nitrogens with zero attached hydrogens (tertiary/aromatic N) is 2. The first-order chi connectivity index (χ1) is 16.1. The van der Waals surface area contributed by atoms with Crippen LogP contribution in [-0.2, 0) is 19.2 Å². The maximum Gasteiger partial charge on any atom is 0.240 e. The van der Waals surface area contributed by atoms with Gasteiger partial charge in [-0.2, -0.15) is 9.98 Å². The molecule has 0 amide bonds. The molecule has 2 aromatic carbocycles. The number of Topliss-reactive ketones (excluding diaryl/α,β-unsaturated/α-hetero) is 4. The molecule has 0 saturated heterocycles. The van der Waals surface area contributed by atoms with Crippen molar-refractivity contribution in [2.24, 2.45) is 9.98 Å². The van der Waals surface area contributed by atoms with Gasteiger partial charge in [-0.25, -0.2) is 9.59 Å². The smallest absolute Gasteiger partial charge is 0.240 e. The second-order valence-corrected chi connectivity index (χ2v) is 6.78. The van der Waals surface area contributed by atoms with Crippen molar-refractivity contribution in [3.05, 3.63) is 59.7 Å². The van der Waals surface area contributed by atoms with Crippen molar-refractivity contribution in [3.63, 3.8) is 0 Å². The van der Waals surface area contributed by atoms with Crippen molar-refractivity contribution < 1.29 is 49.2 Å². The van der Waals surface area contributed by atoms with Crippen LogP contribution in [-0.4, -0.2) is 80.1 Å². The number of ketones is 4. The topological polar surface area (TPSA) is 208 Å². The predicted molar refractivity (Wildman–Crippen MR) is 111 cm³/mol. The first kappa shape index (κ1) is 26.0. The number of aliphatic hydroxyl groups excluding tert-OH is 3. The number of carbonyl (C=O) groups excluding carboxylic acids is 6. The third-order valence-electron chi connectivity index (χ3n) is 4.69. The first-order valence-electron chi connectivity index (χ1n) is 9.33. The molecule has 0 saturated carbocycles. The molecule has 34 heavy (non-hydrogen) atoms. The predicted octanol–water partition coefficient (Wildman–Crippen LogP) is -0.730. The maximum atomic E-state index is 12.6. The zero-order valence-electron chi connectivity index (χ0n) is 17.1. The van der Waals surface area contributed by atoms with E-state index in [1.807, 2.05) is 0 Å². The Labute approximate surface area is 190 Å². The Kier molecular flexibility index (Phi) is 8.43. The molecule has 4 N–H and O–H groups in total. The molecular weight excluding hydrogens is 452 g/mol. The lowest BCUT2D eigenvalue weighted by atomic mass is 9.84. The number of isocyanates is 2. The molecule has 2 atom stereocenters. The van der Waals surface area contributed by atoms with Crippen molar-refractivity contribution in [1.29, 1.82) is 0 Å². The van der Waals surface area contributed by atoms with Crippen LogP contribution in [0.5, 0.6) is 0 Å². The maximum absolute atomic E-state index is 12.6. The van der Waals surface area contributed by atoms with Gasteiger partial charge in [0.25, 0.3) is 0 Å². The largest absolute Gasteiger partial charge is 0.392 e. The van der Waals surface area contributed by atoms with Crippen LogP contribution >= 0.6 is 0 Å². The molecule has 2 aromatic rings. The average Bonchev–Trinajstić information content (AvgIpc) is 2.86. The highest BCUT2D eigenvalue weighted by molar-refractivity contribution is 6.27. The van der Waals surface area contributed by atoms with E-state index in [2.05, 4.69) is 9.98 Å². The van der Waals surface area contributed by atoms with Crippen LogP contribution in [0.3, 0.4) is 0 Å². The molecule has 0 aliphatic rings. The van der Waals surface area contributed by atoms with Gasteiger partial charge < -0.3 is 20.4 Å². The first-order valence-corrected chi connectivity index (χ1v) is 9.33. The lowest BCUT2D eigenvalue weighted by Crippen LogP contribution is -2.60. The summed E-state index contributed by atoms with van der Waals surface area (Å²) in [6, 6.07) is 9.10. The Bertz CT molecular complexity index is 1120. The molecule has 12 heteroatoms. The molecule has 2 rings (SSSR count). The minimum atomic E-state index is -3.49. The molecule has 2 unspecified atom stereocenters. The second-order valence-electron chi connectivity index (χ2n) is 6.78. The molecule has 0 heterocycles. The van der Waals surface area contributed by atoms with Crippen LogP contribution in [0.25, 0.3) is 0 Å². The van der Waals surface area contributed by atoms with E-state index >= 15 is 0 Å². The fourth-order valence-corrected chi connectivity index (χ4v) is 2.79. The zero-order chi connectivity index (χ0) is 25.5. The molecule has 0 fully saturated rings. The van der Waals surface area contributed by atoms with Gasteiger partial charge in [-0.1, -0.05) is 0 Å². The van der Waals surface area contributed by atoms with Gasteiger partial charge in [-0.15, -0.1) is 0 Å². The molecule has 0 radical (unpaired) electrons. The lowest BCUT2D eigenvalue weighted by Gasteiger charge is -2.26. The summed E-state index contributed by atoms with van der Waals surface area (Å²) in [5, 5.41) is 40.2. The quantitative estimate of drug-likeness (QED) is 0.141. The fourth-order valence-electron chi connectivity index (χ4n) is 2.79. The molecular formula is C22H16N2O10. The van der Waals surface area contributed by atoms with E-state index in [4.69, 9.17) is 0 Å². The number of rotatable bonds is 11. The van der Waals surface area contributed by atoms with Gasteiger partial charge in [0.15, 0.2) is 23.8 Å². The monoisotopic (exact) mass is 468 g/mol. The van der Waals surface area contributed by atoms with Crippen LogP contribution < -0.4 is 0 Å². The zero-order valence-corrected chi connectivity index (χ0v) is 17.1. The van der Waals surface area contributed by atoms with Gasteiger partial charge in [0, 0.05) is 11.1 Å². The van der Waals surface area contributed by atoms with Crippen molar-refractivity contribution >= 4 is 46.7 Å². The van der Waals surface area contributed by atoms with Crippen molar-refractivity contribution in [1.82, 2.24) is 0 Å². The number of carbonyl (C=O) groups is 4. The number of hydrogen-bond donors (Lipinski definition) is 4. The summed E-state index contributed by atoms with van der Waals surface area (Å²) in [4.78, 5) is 77.0. The minimum Gasteiger partial charge on any atom is -0.392 e. The van der Waals surface area contributed by atoms with Crippen LogP contribution in [0, 0.1) is 0 Å². The summed E-state index contributed by atoms with van der Waals surface area (Å²) >= 11 is 0. The molecule has 0 bridgehead atoms. The standard InChI is InChI=1S/C22H16N2O10/c25-9-22(34,20(32)18(30)16(28)12-1-5-14(6-2-12)23-10-26)21(33)19(31)17(29)13-3-7-15(8-4-13)24-11-27/h1-8,18-19,25,30-31,34H,9H2. The SMILES string of the molecule is O=C=Nc1ccc(C(=O)C(O)C(=O)C(O)(CO)C(=O)C(O)C(=O)c2ccc(N=C=O)cc2)cc1. The Morgan fingerprint density at radius 3 is 1.32 bits per heavy atom. The lowest BCUT2D eigenvalue weighted by molar-refractivity contribution is -0.162. The third kappa shape index (κ3) is 5.37. The number of aliphatic hydroxyl groups is 4. The van der Waals surface area contributed by atoms with Gasteiger partial charge in [-0.05, 0) is 48.5 Å².